The number of amides is 3. The molecule has 2 fully saturated rings. The van der Waals surface area contributed by atoms with Crippen LogP contribution in [0, 0.1) is 11.8 Å². The number of hydrogen-bond donors (Lipinski definition) is 1. The molecule has 0 radical (unpaired) electrons. The largest absolute Gasteiger partial charge is 0.337 e. The molecule has 9 heteroatoms. The number of rotatable bonds is 3. The number of halogens is 2. The third-order valence-electron chi connectivity index (χ3n) is 4.42. The summed E-state index contributed by atoms with van der Waals surface area (Å²) in [6.07, 6.45) is -0.705. The van der Waals surface area contributed by atoms with Crippen molar-refractivity contribution >= 4 is 11.9 Å². The van der Waals surface area contributed by atoms with E-state index in [-0.39, 0.29) is 18.3 Å². The molecular formula is C14H18F2N4O3. The molecule has 0 bridgehead atoms. The van der Waals surface area contributed by atoms with Gasteiger partial charge in [-0.15, -0.1) is 0 Å². The maximum atomic E-state index is 12.7. The van der Waals surface area contributed by atoms with Crippen LogP contribution in [0.4, 0.5) is 13.6 Å². The van der Waals surface area contributed by atoms with E-state index in [4.69, 9.17) is 0 Å². The Kier molecular flexibility index (Phi) is 3.81. The summed E-state index contributed by atoms with van der Waals surface area (Å²) in [7, 11) is 0. The first-order valence-corrected chi connectivity index (χ1v) is 7.55. The molecule has 2 unspecified atom stereocenters. The highest BCUT2D eigenvalue weighted by Crippen LogP contribution is 2.39. The fourth-order valence-corrected chi connectivity index (χ4v) is 3.78. The van der Waals surface area contributed by atoms with Crippen LogP contribution in [0.2, 0.25) is 0 Å². The lowest BCUT2D eigenvalue weighted by molar-refractivity contribution is -0.134. The number of urea groups is 1. The van der Waals surface area contributed by atoms with Crippen LogP contribution in [0.25, 0.3) is 0 Å². The fourth-order valence-electron chi connectivity index (χ4n) is 3.78. The second-order valence-electron chi connectivity index (χ2n) is 6.60. The van der Waals surface area contributed by atoms with Gasteiger partial charge in [0.25, 0.3) is 5.91 Å². The molecular weight excluding hydrogens is 310 g/mol. The summed E-state index contributed by atoms with van der Waals surface area (Å²) in [6.45, 7) is 3.80. The van der Waals surface area contributed by atoms with E-state index in [9.17, 15) is 18.4 Å². The molecule has 126 valence electrons. The molecule has 7 nitrogen and oxygen atoms in total. The molecule has 1 spiro atoms. The molecule has 23 heavy (non-hydrogen) atoms. The lowest BCUT2D eigenvalue weighted by atomic mass is 9.71. The van der Waals surface area contributed by atoms with Gasteiger partial charge in [0.2, 0.25) is 11.7 Å². The Hall–Kier alpha value is -2.06. The second kappa shape index (κ2) is 5.54. The molecule has 2 atom stereocenters. The van der Waals surface area contributed by atoms with Gasteiger partial charge >= 0.3 is 12.5 Å². The van der Waals surface area contributed by atoms with Crippen molar-refractivity contribution in [2.45, 2.75) is 51.6 Å². The highest BCUT2D eigenvalue weighted by atomic mass is 19.3. The van der Waals surface area contributed by atoms with E-state index < -0.39 is 23.8 Å². The number of nitrogens with zero attached hydrogens (tertiary/aromatic N) is 3. The monoisotopic (exact) mass is 328 g/mol. The number of nitrogens with one attached hydrogen (secondary N) is 1. The third kappa shape index (κ3) is 2.79. The van der Waals surface area contributed by atoms with E-state index in [0.717, 1.165) is 11.3 Å². The van der Waals surface area contributed by atoms with Gasteiger partial charge in [0, 0.05) is 0 Å². The van der Waals surface area contributed by atoms with Crippen LogP contribution in [0.1, 0.15) is 51.3 Å². The highest BCUT2D eigenvalue weighted by molar-refractivity contribution is 6.07. The zero-order valence-corrected chi connectivity index (χ0v) is 12.9. The van der Waals surface area contributed by atoms with Crippen molar-refractivity contribution < 1.29 is 22.9 Å². The van der Waals surface area contributed by atoms with E-state index in [1.54, 1.807) is 0 Å². The summed E-state index contributed by atoms with van der Waals surface area (Å²) in [5.74, 6) is -0.647. The minimum atomic E-state index is -2.86. The Balaban J connectivity index is 1.78. The number of carbonyl (C=O) groups is 2. The van der Waals surface area contributed by atoms with Crippen molar-refractivity contribution in [3.63, 3.8) is 0 Å². The van der Waals surface area contributed by atoms with Gasteiger partial charge in [-0.05, 0) is 31.1 Å². The Morgan fingerprint density at radius 3 is 2.57 bits per heavy atom. The van der Waals surface area contributed by atoms with Crippen molar-refractivity contribution in [2.24, 2.45) is 11.8 Å². The Morgan fingerprint density at radius 1 is 1.35 bits per heavy atom. The Morgan fingerprint density at radius 2 is 2.00 bits per heavy atom. The fraction of sp³-hybridized carbons (Fsp3) is 0.714. The average molecular weight is 328 g/mol. The van der Waals surface area contributed by atoms with Gasteiger partial charge in [-0.1, -0.05) is 19.0 Å². The molecule has 2 aliphatic rings. The normalized spacial score (nSPS) is 31.3. The molecule has 2 heterocycles. The molecule has 1 saturated carbocycles. The standard InChI is InChI=1S/C14H18F2N4O3/c1-7-3-8(2)5-14(4-7)12(21)20(13(22)18-14)6-9-17-11(10(15)16)19-23-9/h7-8,10H,3-6H2,1-2H3,(H,18,22). The number of aromatic nitrogens is 2. The van der Waals surface area contributed by atoms with Crippen LogP contribution in [0.5, 0.6) is 0 Å². The van der Waals surface area contributed by atoms with Gasteiger partial charge in [-0.3, -0.25) is 9.69 Å². The van der Waals surface area contributed by atoms with E-state index in [2.05, 4.69) is 20.0 Å². The molecule has 3 rings (SSSR count). The molecule has 1 aromatic rings. The van der Waals surface area contributed by atoms with Gasteiger partial charge in [-0.25, -0.2) is 13.6 Å². The molecule has 1 aromatic heterocycles. The molecule has 0 aromatic carbocycles. The zero-order chi connectivity index (χ0) is 16.8. The zero-order valence-electron chi connectivity index (χ0n) is 12.9. The summed E-state index contributed by atoms with van der Waals surface area (Å²) < 4.78 is 29.6. The lowest BCUT2D eigenvalue weighted by Crippen LogP contribution is -2.51. The maximum absolute atomic E-state index is 12.7. The quantitative estimate of drug-likeness (QED) is 0.860. The summed E-state index contributed by atoms with van der Waals surface area (Å²) in [5.41, 5.74) is -0.903. The van der Waals surface area contributed by atoms with Gasteiger partial charge in [0.05, 0.1) is 0 Å². The molecule has 1 aliphatic heterocycles. The van der Waals surface area contributed by atoms with Crippen LogP contribution < -0.4 is 5.32 Å². The van der Waals surface area contributed by atoms with Crippen molar-refractivity contribution in [3.8, 4) is 0 Å². The van der Waals surface area contributed by atoms with Gasteiger partial charge < -0.3 is 9.84 Å². The average Bonchev–Trinajstić information content (AvgIpc) is 2.98. The first kappa shape index (κ1) is 15.8. The topological polar surface area (TPSA) is 88.3 Å². The van der Waals surface area contributed by atoms with Gasteiger partial charge in [0.1, 0.15) is 12.1 Å². The van der Waals surface area contributed by atoms with Crippen LogP contribution in [-0.2, 0) is 11.3 Å². The highest BCUT2D eigenvalue weighted by Gasteiger charge is 2.54. The summed E-state index contributed by atoms with van der Waals surface area (Å²) in [4.78, 5) is 29.4. The smallest absolute Gasteiger partial charge is 0.325 e. The van der Waals surface area contributed by atoms with Crippen molar-refractivity contribution in [3.05, 3.63) is 11.7 Å². The second-order valence-corrected chi connectivity index (χ2v) is 6.60. The molecule has 1 aliphatic carbocycles. The lowest BCUT2D eigenvalue weighted by Gasteiger charge is -2.37. The summed E-state index contributed by atoms with van der Waals surface area (Å²) in [5, 5.41) is 5.91. The molecule has 1 saturated heterocycles. The summed E-state index contributed by atoms with van der Waals surface area (Å²) in [6, 6.07) is -0.548. The van der Waals surface area contributed by atoms with Crippen LogP contribution >= 0.6 is 0 Å². The van der Waals surface area contributed by atoms with Crippen LogP contribution in [0.15, 0.2) is 4.52 Å². The van der Waals surface area contributed by atoms with Crippen LogP contribution in [-0.4, -0.2) is 32.5 Å². The Bertz CT molecular complexity index is 623. The van der Waals surface area contributed by atoms with Crippen molar-refractivity contribution in [1.82, 2.24) is 20.4 Å². The molecule has 1 N–H and O–H groups in total. The predicted molar refractivity (Wildman–Crippen MR) is 73.2 cm³/mol. The summed E-state index contributed by atoms with van der Waals surface area (Å²) >= 11 is 0. The first-order chi connectivity index (χ1) is 10.8. The maximum Gasteiger partial charge on any atom is 0.325 e. The van der Waals surface area contributed by atoms with E-state index in [0.29, 0.717) is 24.7 Å². The number of alkyl halides is 2. The third-order valence-corrected chi connectivity index (χ3v) is 4.42. The first-order valence-electron chi connectivity index (χ1n) is 7.55. The SMILES string of the molecule is CC1CC(C)CC2(C1)NC(=O)N(Cc1nc(C(F)F)no1)C2=O. The predicted octanol–water partition coefficient (Wildman–Crippen LogP) is 2.25. The minimum absolute atomic E-state index is 0.183. The van der Waals surface area contributed by atoms with E-state index in [1.807, 2.05) is 13.8 Å². The van der Waals surface area contributed by atoms with Gasteiger partial charge in [0.15, 0.2) is 0 Å². The number of carbonyl (C=O) groups excluding carboxylic acids is 2. The number of hydrogen-bond acceptors (Lipinski definition) is 5. The minimum Gasteiger partial charge on any atom is -0.337 e. The van der Waals surface area contributed by atoms with Crippen molar-refractivity contribution in [1.29, 1.82) is 0 Å². The van der Waals surface area contributed by atoms with E-state index >= 15 is 0 Å². The van der Waals surface area contributed by atoms with E-state index in [1.165, 1.54) is 0 Å². The molecule has 3 amide bonds. The van der Waals surface area contributed by atoms with Crippen LogP contribution in [0.3, 0.4) is 0 Å². The Labute approximate surface area is 131 Å². The van der Waals surface area contributed by atoms with Crippen molar-refractivity contribution in [2.75, 3.05) is 0 Å². The number of imide groups is 1. The van der Waals surface area contributed by atoms with Gasteiger partial charge in [-0.2, -0.15) is 4.98 Å².